The highest BCUT2D eigenvalue weighted by Crippen LogP contribution is 2.19. The zero-order valence-electron chi connectivity index (χ0n) is 12.8. The van der Waals surface area contributed by atoms with Crippen molar-refractivity contribution in [3.63, 3.8) is 0 Å². The maximum Gasteiger partial charge on any atom is 0.328 e. The normalized spacial score (nSPS) is 11.5. The molecule has 1 rings (SSSR count). The maximum atomic E-state index is 12.0. The van der Waals surface area contributed by atoms with Crippen molar-refractivity contribution in [1.29, 1.82) is 0 Å². The Morgan fingerprint density at radius 2 is 2.18 bits per heavy atom. The van der Waals surface area contributed by atoms with Crippen molar-refractivity contribution in [3.8, 4) is 5.75 Å². The summed E-state index contributed by atoms with van der Waals surface area (Å²) in [5.74, 6) is -0.839. The number of ether oxygens (including phenoxy) is 2. The van der Waals surface area contributed by atoms with Gasteiger partial charge < -0.3 is 19.9 Å². The summed E-state index contributed by atoms with van der Waals surface area (Å²) in [6.45, 7) is 5.50. The van der Waals surface area contributed by atoms with Gasteiger partial charge in [-0.05, 0) is 24.1 Å². The summed E-state index contributed by atoms with van der Waals surface area (Å²) >= 11 is 0. The number of aryl methyl sites for hydroxylation is 1. The van der Waals surface area contributed by atoms with Gasteiger partial charge >= 0.3 is 5.97 Å². The van der Waals surface area contributed by atoms with Crippen LogP contribution in [-0.4, -0.2) is 43.3 Å². The maximum absolute atomic E-state index is 12.0. The van der Waals surface area contributed by atoms with E-state index in [0.29, 0.717) is 5.75 Å². The van der Waals surface area contributed by atoms with Gasteiger partial charge in [-0.25, -0.2) is 4.79 Å². The van der Waals surface area contributed by atoms with Crippen molar-refractivity contribution in [3.05, 3.63) is 42.0 Å². The summed E-state index contributed by atoms with van der Waals surface area (Å²) in [5.41, 5.74) is 1.71. The van der Waals surface area contributed by atoms with E-state index in [-0.39, 0.29) is 25.5 Å². The third-order valence-corrected chi connectivity index (χ3v) is 2.99. The number of carbonyl (C=O) groups excluding carboxylic acids is 1. The molecular weight excluding hydrogens is 286 g/mol. The number of amides is 1. The van der Waals surface area contributed by atoms with E-state index in [2.05, 4.69) is 11.9 Å². The Balaban J connectivity index is 2.63. The third kappa shape index (κ3) is 5.57. The van der Waals surface area contributed by atoms with Crippen molar-refractivity contribution >= 4 is 11.9 Å². The molecule has 120 valence electrons. The van der Waals surface area contributed by atoms with Crippen LogP contribution in [-0.2, 0) is 20.7 Å². The van der Waals surface area contributed by atoms with Crippen LogP contribution in [0.3, 0.4) is 0 Å². The first kappa shape index (κ1) is 17.7. The molecule has 0 saturated heterocycles. The molecular formula is C16H21NO5. The van der Waals surface area contributed by atoms with Crippen molar-refractivity contribution < 1.29 is 24.2 Å². The molecule has 1 unspecified atom stereocenters. The van der Waals surface area contributed by atoms with Gasteiger partial charge in [0, 0.05) is 0 Å². The number of hydrogen-bond donors (Lipinski definition) is 2. The Morgan fingerprint density at radius 1 is 1.45 bits per heavy atom. The fraction of sp³-hybridized carbons (Fsp3) is 0.375. The molecule has 0 bridgehead atoms. The summed E-state index contributed by atoms with van der Waals surface area (Å²) in [6, 6.07) is 4.34. The number of carboxylic acids is 1. The second kappa shape index (κ2) is 8.84. The molecule has 0 aliphatic rings. The second-order valence-corrected chi connectivity index (χ2v) is 4.77. The fourth-order valence-corrected chi connectivity index (χ4v) is 1.85. The van der Waals surface area contributed by atoms with E-state index in [1.807, 2.05) is 13.0 Å². The predicted octanol–water partition coefficient (Wildman–Crippen LogP) is 1.32. The van der Waals surface area contributed by atoms with Crippen molar-refractivity contribution in [2.24, 2.45) is 0 Å². The van der Waals surface area contributed by atoms with Crippen LogP contribution in [0.2, 0.25) is 0 Å². The molecule has 0 spiro atoms. The van der Waals surface area contributed by atoms with E-state index in [9.17, 15) is 9.59 Å². The lowest BCUT2D eigenvalue weighted by Crippen LogP contribution is -2.44. The Hall–Kier alpha value is -2.34. The van der Waals surface area contributed by atoms with Gasteiger partial charge in [0.1, 0.15) is 5.75 Å². The molecule has 0 aliphatic carbocycles. The second-order valence-electron chi connectivity index (χ2n) is 4.77. The smallest absolute Gasteiger partial charge is 0.328 e. The lowest BCUT2D eigenvalue weighted by atomic mass is 10.1. The number of aliphatic carboxylic acids is 1. The summed E-state index contributed by atoms with van der Waals surface area (Å²) < 4.78 is 10.3. The molecule has 1 amide bonds. The van der Waals surface area contributed by atoms with Gasteiger partial charge in [0.25, 0.3) is 0 Å². The minimum absolute atomic E-state index is 0.0713. The number of rotatable bonds is 9. The summed E-state index contributed by atoms with van der Waals surface area (Å²) in [7, 11) is 1.56. The highest BCUT2D eigenvalue weighted by Gasteiger charge is 2.20. The summed E-state index contributed by atoms with van der Waals surface area (Å²) in [4.78, 5) is 23.0. The Bertz CT molecular complexity index is 541. The minimum atomic E-state index is -1.14. The van der Waals surface area contributed by atoms with E-state index in [4.69, 9.17) is 14.6 Å². The first-order chi connectivity index (χ1) is 10.5. The molecule has 0 aliphatic heterocycles. The molecule has 1 aromatic rings. The van der Waals surface area contributed by atoms with E-state index in [0.717, 1.165) is 11.1 Å². The van der Waals surface area contributed by atoms with E-state index < -0.39 is 12.0 Å². The summed E-state index contributed by atoms with van der Waals surface area (Å²) in [6.07, 6.45) is 1.58. The lowest BCUT2D eigenvalue weighted by Gasteiger charge is -2.14. The Labute approximate surface area is 129 Å². The zero-order valence-corrected chi connectivity index (χ0v) is 12.8. The van der Waals surface area contributed by atoms with Crippen LogP contribution >= 0.6 is 0 Å². The number of nitrogens with one attached hydrogen (secondary N) is 1. The molecule has 6 heteroatoms. The van der Waals surface area contributed by atoms with Gasteiger partial charge in [0.15, 0.2) is 6.04 Å². The molecule has 0 heterocycles. The lowest BCUT2D eigenvalue weighted by molar-refractivity contribution is -0.143. The van der Waals surface area contributed by atoms with Gasteiger partial charge in [0.2, 0.25) is 5.91 Å². The molecule has 1 aromatic carbocycles. The summed E-state index contributed by atoms with van der Waals surface area (Å²) in [5, 5.41) is 11.5. The molecule has 2 N–H and O–H groups in total. The molecule has 0 saturated carbocycles. The van der Waals surface area contributed by atoms with Crippen molar-refractivity contribution in [2.75, 3.05) is 20.3 Å². The highest BCUT2D eigenvalue weighted by atomic mass is 16.5. The standard InChI is InChI=1S/C16H21NO5/c1-4-7-22-10-13(16(19)20)17-15(18)9-12-6-5-11(2)14(8-12)21-3/h4-6,8,13H,1,7,9-10H2,2-3H3,(H,17,18)(H,19,20). The molecule has 0 aromatic heterocycles. The van der Waals surface area contributed by atoms with E-state index >= 15 is 0 Å². The first-order valence-corrected chi connectivity index (χ1v) is 6.82. The van der Waals surface area contributed by atoms with Crippen LogP contribution in [0.15, 0.2) is 30.9 Å². The average Bonchev–Trinajstić information content (AvgIpc) is 2.48. The molecule has 0 fully saturated rings. The fourth-order valence-electron chi connectivity index (χ4n) is 1.85. The van der Waals surface area contributed by atoms with Gasteiger partial charge in [0.05, 0.1) is 26.7 Å². The van der Waals surface area contributed by atoms with Crippen LogP contribution in [0, 0.1) is 6.92 Å². The van der Waals surface area contributed by atoms with Gasteiger partial charge in [-0.2, -0.15) is 0 Å². The van der Waals surface area contributed by atoms with E-state index in [1.165, 1.54) is 6.08 Å². The zero-order chi connectivity index (χ0) is 16.5. The van der Waals surface area contributed by atoms with E-state index in [1.54, 1.807) is 19.2 Å². The average molecular weight is 307 g/mol. The van der Waals surface area contributed by atoms with Gasteiger partial charge in [-0.15, -0.1) is 6.58 Å². The SMILES string of the molecule is C=CCOCC(NC(=O)Cc1ccc(C)c(OC)c1)C(=O)O. The predicted molar refractivity (Wildman–Crippen MR) is 82.0 cm³/mol. The molecule has 1 atom stereocenters. The molecule has 22 heavy (non-hydrogen) atoms. The van der Waals surface area contributed by atoms with Crippen LogP contribution in [0.4, 0.5) is 0 Å². The Morgan fingerprint density at radius 3 is 2.77 bits per heavy atom. The first-order valence-electron chi connectivity index (χ1n) is 6.82. The van der Waals surface area contributed by atoms with Crippen LogP contribution in [0.1, 0.15) is 11.1 Å². The van der Waals surface area contributed by atoms with Crippen molar-refractivity contribution in [2.45, 2.75) is 19.4 Å². The van der Waals surface area contributed by atoms with Gasteiger partial charge in [-0.3, -0.25) is 4.79 Å². The number of carboxylic acid groups (broad SMARTS) is 1. The molecule has 6 nitrogen and oxygen atoms in total. The monoisotopic (exact) mass is 307 g/mol. The topological polar surface area (TPSA) is 84.9 Å². The minimum Gasteiger partial charge on any atom is -0.496 e. The largest absolute Gasteiger partial charge is 0.496 e. The Kier molecular flexibility index (Phi) is 7.12. The van der Waals surface area contributed by atoms with Crippen LogP contribution in [0.25, 0.3) is 0 Å². The number of benzene rings is 1. The molecule has 0 radical (unpaired) electrons. The highest BCUT2D eigenvalue weighted by molar-refractivity contribution is 5.85. The third-order valence-electron chi connectivity index (χ3n) is 2.99. The number of hydrogen-bond acceptors (Lipinski definition) is 4. The quantitative estimate of drug-likeness (QED) is 0.531. The van der Waals surface area contributed by atoms with Crippen LogP contribution in [0.5, 0.6) is 5.75 Å². The number of carbonyl (C=O) groups is 2. The van der Waals surface area contributed by atoms with Crippen molar-refractivity contribution in [1.82, 2.24) is 5.32 Å². The van der Waals surface area contributed by atoms with Gasteiger partial charge in [-0.1, -0.05) is 18.2 Å². The van der Waals surface area contributed by atoms with Crippen LogP contribution < -0.4 is 10.1 Å². The number of methoxy groups -OCH3 is 1.